The molecule has 0 unspecified atom stereocenters. The van der Waals surface area contributed by atoms with Crippen molar-refractivity contribution in [2.24, 2.45) is 14.1 Å². The van der Waals surface area contributed by atoms with Crippen LogP contribution in [0.1, 0.15) is 0 Å². The second-order valence-corrected chi connectivity index (χ2v) is 3.63. The zero-order valence-corrected chi connectivity index (χ0v) is 9.21. The van der Waals surface area contributed by atoms with Crippen molar-refractivity contribution in [1.29, 1.82) is 0 Å². The average molecular weight is 235 g/mol. The van der Waals surface area contributed by atoms with Gasteiger partial charge in [-0.05, 0) is 6.07 Å². The maximum atomic E-state index is 11.6. The number of hydrogen-bond donors (Lipinski definition) is 0. The van der Waals surface area contributed by atoms with Gasteiger partial charge in [-0.15, -0.1) is 0 Å². The zero-order valence-electron chi connectivity index (χ0n) is 9.21. The number of hydrogen-bond acceptors (Lipinski definition) is 4. The van der Waals surface area contributed by atoms with Gasteiger partial charge in [0.2, 0.25) is 0 Å². The van der Waals surface area contributed by atoms with Gasteiger partial charge in [-0.3, -0.25) is 24.3 Å². The third-order valence-electron chi connectivity index (χ3n) is 2.68. The summed E-state index contributed by atoms with van der Waals surface area (Å²) in [6, 6.07) is 4.33. The van der Waals surface area contributed by atoms with Gasteiger partial charge >= 0.3 is 11.1 Å². The van der Waals surface area contributed by atoms with Crippen LogP contribution < -0.4 is 11.1 Å². The summed E-state index contributed by atoms with van der Waals surface area (Å²) in [6.07, 6.45) is 0. The first kappa shape index (κ1) is 11.1. The van der Waals surface area contributed by atoms with Crippen LogP contribution in [0.4, 0.5) is 5.69 Å². The Hall–Kier alpha value is -2.44. The number of aryl methyl sites for hydroxylation is 2. The third-order valence-corrected chi connectivity index (χ3v) is 2.68. The number of fused-ring (bicyclic) bond motifs is 1. The molecule has 0 aliphatic carbocycles. The van der Waals surface area contributed by atoms with Crippen molar-refractivity contribution in [3.8, 4) is 0 Å². The second-order valence-electron chi connectivity index (χ2n) is 3.63. The topological polar surface area (TPSA) is 87.1 Å². The van der Waals surface area contributed by atoms with E-state index in [1.165, 1.54) is 26.2 Å². The highest BCUT2D eigenvalue weighted by molar-refractivity contribution is 5.84. The van der Waals surface area contributed by atoms with E-state index in [1.807, 2.05) is 0 Å². The SMILES string of the molecule is Cn1c(=O)c(=O)n(C)c2c([N+](=O)[O-])cccc21. The lowest BCUT2D eigenvalue weighted by molar-refractivity contribution is -0.383. The van der Waals surface area contributed by atoms with Crippen LogP contribution in [0.25, 0.3) is 11.0 Å². The average Bonchev–Trinajstić information content (AvgIpc) is 2.32. The van der Waals surface area contributed by atoms with Gasteiger partial charge in [0.25, 0.3) is 5.69 Å². The van der Waals surface area contributed by atoms with Crippen molar-refractivity contribution < 1.29 is 4.92 Å². The summed E-state index contributed by atoms with van der Waals surface area (Å²) in [4.78, 5) is 33.4. The molecule has 0 aliphatic heterocycles. The number of benzene rings is 1. The molecule has 2 aromatic rings. The molecule has 0 radical (unpaired) electrons. The van der Waals surface area contributed by atoms with Crippen LogP contribution in [-0.4, -0.2) is 14.1 Å². The van der Waals surface area contributed by atoms with Crippen molar-refractivity contribution >= 4 is 16.7 Å². The summed E-state index contributed by atoms with van der Waals surface area (Å²) in [5.74, 6) is 0. The molecule has 0 fully saturated rings. The van der Waals surface area contributed by atoms with Gasteiger partial charge in [0.05, 0.1) is 10.4 Å². The largest absolute Gasteiger partial charge is 0.316 e. The molecule has 0 N–H and O–H groups in total. The molecule has 0 bridgehead atoms. The molecule has 0 saturated heterocycles. The van der Waals surface area contributed by atoms with Crippen LogP contribution in [0.5, 0.6) is 0 Å². The molecule has 1 heterocycles. The highest BCUT2D eigenvalue weighted by Crippen LogP contribution is 2.22. The molecule has 0 spiro atoms. The van der Waals surface area contributed by atoms with Crippen LogP contribution in [0.2, 0.25) is 0 Å². The fourth-order valence-electron chi connectivity index (χ4n) is 1.78. The van der Waals surface area contributed by atoms with E-state index in [0.717, 1.165) is 9.13 Å². The highest BCUT2D eigenvalue weighted by Gasteiger charge is 2.17. The fourth-order valence-corrected chi connectivity index (χ4v) is 1.78. The first-order chi connectivity index (χ1) is 7.95. The molecule has 0 aliphatic rings. The molecule has 1 aromatic carbocycles. The molecule has 0 saturated carbocycles. The van der Waals surface area contributed by atoms with Gasteiger partial charge in [-0.1, -0.05) is 6.07 Å². The summed E-state index contributed by atoms with van der Waals surface area (Å²) in [6.45, 7) is 0. The van der Waals surface area contributed by atoms with Crippen LogP contribution in [0.3, 0.4) is 0 Å². The maximum absolute atomic E-state index is 11.6. The molecule has 7 nitrogen and oxygen atoms in total. The number of para-hydroxylation sites is 1. The van der Waals surface area contributed by atoms with Gasteiger partial charge in [-0.25, -0.2) is 0 Å². The van der Waals surface area contributed by atoms with E-state index in [1.54, 1.807) is 6.07 Å². The maximum Gasteiger partial charge on any atom is 0.316 e. The lowest BCUT2D eigenvalue weighted by Gasteiger charge is -2.08. The lowest BCUT2D eigenvalue weighted by atomic mass is 10.2. The van der Waals surface area contributed by atoms with Crippen molar-refractivity contribution in [2.45, 2.75) is 0 Å². The number of nitrogens with zero attached hydrogens (tertiary/aromatic N) is 3. The first-order valence-corrected chi connectivity index (χ1v) is 4.78. The van der Waals surface area contributed by atoms with Gasteiger partial charge in [0, 0.05) is 20.2 Å². The number of rotatable bonds is 1. The normalized spacial score (nSPS) is 10.7. The van der Waals surface area contributed by atoms with E-state index in [4.69, 9.17) is 0 Å². The van der Waals surface area contributed by atoms with Crippen LogP contribution in [-0.2, 0) is 14.1 Å². The van der Waals surface area contributed by atoms with E-state index < -0.39 is 16.0 Å². The second kappa shape index (κ2) is 3.55. The number of nitro benzene ring substituents is 1. The Balaban J connectivity index is 3.18. The van der Waals surface area contributed by atoms with E-state index >= 15 is 0 Å². The molecule has 1 aromatic heterocycles. The number of aromatic nitrogens is 2. The summed E-state index contributed by atoms with van der Waals surface area (Å²) in [7, 11) is 2.76. The Labute approximate surface area is 94.7 Å². The lowest BCUT2D eigenvalue weighted by Crippen LogP contribution is -2.39. The Morgan fingerprint density at radius 3 is 2.29 bits per heavy atom. The number of non-ortho nitro benzene ring substituents is 1. The van der Waals surface area contributed by atoms with Crippen molar-refractivity contribution in [1.82, 2.24) is 9.13 Å². The Morgan fingerprint density at radius 1 is 1.12 bits per heavy atom. The van der Waals surface area contributed by atoms with E-state index in [9.17, 15) is 19.7 Å². The first-order valence-electron chi connectivity index (χ1n) is 4.78. The minimum atomic E-state index is -0.783. The summed E-state index contributed by atoms with van der Waals surface area (Å²) < 4.78 is 2.13. The van der Waals surface area contributed by atoms with E-state index in [0.29, 0.717) is 5.52 Å². The van der Waals surface area contributed by atoms with Crippen LogP contribution >= 0.6 is 0 Å². The predicted molar refractivity (Wildman–Crippen MR) is 61.1 cm³/mol. The zero-order chi connectivity index (χ0) is 12.7. The van der Waals surface area contributed by atoms with E-state index in [2.05, 4.69) is 0 Å². The Bertz CT molecular complexity index is 742. The molecule has 0 atom stereocenters. The van der Waals surface area contributed by atoms with Crippen LogP contribution in [0, 0.1) is 10.1 Å². The van der Waals surface area contributed by atoms with Crippen molar-refractivity contribution in [2.75, 3.05) is 0 Å². The standard InChI is InChI=1S/C10H9N3O4/c1-11-6-4-3-5-7(13(16)17)8(6)12(2)10(15)9(11)14/h3-5H,1-2H3. The van der Waals surface area contributed by atoms with E-state index in [-0.39, 0.29) is 11.2 Å². The molecule has 0 amide bonds. The van der Waals surface area contributed by atoms with Crippen molar-refractivity contribution in [3.63, 3.8) is 0 Å². The molecular formula is C10H9N3O4. The molecule has 2 rings (SSSR count). The minimum Gasteiger partial charge on any atom is -0.305 e. The summed E-state index contributed by atoms with van der Waals surface area (Å²) >= 11 is 0. The van der Waals surface area contributed by atoms with Gasteiger partial charge in [0.15, 0.2) is 0 Å². The Kier molecular flexibility index (Phi) is 2.31. The molecule has 88 valence electrons. The van der Waals surface area contributed by atoms with Gasteiger partial charge in [-0.2, -0.15) is 0 Å². The quantitative estimate of drug-likeness (QED) is 0.399. The summed E-state index contributed by atoms with van der Waals surface area (Å²) in [5.41, 5.74) is -1.19. The van der Waals surface area contributed by atoms with Crippen LogP contribution in [0.15, 0.2) is 27.8 Å². The molecule has 17 heavy (non-hydrogen) atoms. The van der Waals surface area contributed by atoms with Crippen molar-refractivity contribution in [3.05, 3.63) is 49.0 Å². The monoisotopic (exact) mass is 235 g/mol. The smallest absolute Gasteiger partial charge is 0.305 e. The molecule has 7 heteroatoms. The summed E-state index contributed by atoms with van der Waals surface area (Å²) in [5, 5.41) is 10.9. The third kappa shape index (κ3) is 1.43. The Morgan fingerprint density at radius 2 is 1.71 bits per heavy atom. The number of nitro groups is 1. The predicted octanol–water partition coefficient (Wildman–Crippen LogP) is 0.145. The van der Waals surface area contributed by atoms with Gasteiger partial charge in [0.1, 0.15) is 5.52 Å². The fraction of sp³-hybridized carbons (Fsp3) is 0.200. The van der Waals surface area contributed by atoms with Gasteiger partial charge < -0.3 is 4.57 Å². The minimum absolute atomic E-state index is 0.143. The molecular weight excluding hydrogens is 226 g/mol. The highest BCUT2D eigenvalue weighted by atomic mass is 16.6.